The van der Waals surface area contributed by atoms with Gasteiger partial charge in [-0.25, -0.2) is 0 Å². The second-order valence-electron chi connectivity index (χ2n) is 5.81. The van der Waals surface area contributed by atoms with Crippen LogP contribution in [0.2, 0.25) is 0 Å². The van der Waals surface area contributed by atoms with Crippen LogP contribution in [0.1, 0.15) is 19.3 Å². The lowest BCUT2D eigenvalue weighted by atomic mass is 10.1. The van der Waals surface area contributed by atoms with Gasteiger partial charge in [0.05, 0.1) is 5.92 Å². The molecule has 108 valence electrons. The van der Waals surface area contributed by atoms with Crippen molar-refractivity contribution in [1.29, 1.82) is 0 Å². The highest BCUT2D eigenvalue weighted by atomic mass is 16.2. The summed E-state index contributed by atoms with van der Waals surface area (Å²) in [5, 5.41) is 2.16. The van der Waals surface area contributed by atoms with Gasteiger partial charge >= 0.3 is 0 Å². The van der Waals surface area contributed by atoms with Gasteiger partial charge in [-0.3, -0.25) is 24.5 Å². The first kappa shape index (κ1) is 13.1. The molecule has 1 N–H and O–H groups in total. The van der Waals surface area contributed by atoms with E-state index in [0.29, 0.717) is 12.5 Å². The number of hydrogen-bond acceptors (Lipinski definition) is 4. The van der Waals surface area contributed by atoms with Crippen LogP contribution in [0.25, 0.3) is 0 Å². The second kappa shape index (κ2) is 4.88. The SMILES string of the molecule is O=C1CN(C(=O)C2CC(=O)N(CC3CC3)C2)CC(=O)N1. The average molecular weight is 279 g/mol. The Morgan fingerprint density at radius 1 is 1.15 bits per heavy atom. The predicted molar refractivity (Wildman–Crippen MR) is 67.1 cm³/mol. The Balaban J connectivity index is 1.61. The van der Waals surface area contributed by atoms with Crippen molar-refractivity contribution < 1.29 is 19.2 Å². The molecule has 2 aliphatic heterocycles. The van der Waals surface area contributed by atoms with E-state index in [9.17, 15) is 19.2 Å². The van der Waals surface area contributed by atoms with Crippen LogP contribution in [0, 0.1) is 11.8 Å². The number of carbonyl (C=O) groups is 4. The molecule has 1 aliphatic carbocycles. The van der Waals surface area contributed by atoms with E-state index in [4.69, 9.17) is 0 Å². The summed E-state index contributed by atoms with van der Waals surface area (Å²) < 4.78 is 0. The van der Waals surface area contributed by atoms with Crippen molar-refractivity contribution in [2.75, 3.05) is 26.2 Å². The Hall–Kier alpha value is -1.92. The summed E-state index contributed by atoms with van der Waals surface area (Å²) in [6.07, 6.45) is 2.50. The standard InChI is InChI=1S/C13H17N3O4/c17-10-6-16(7-11(18)14-10)13(20)9-3-12(19)15(5-9)4-8-1-2-8/h8-9H,1-7H2,(H,14,17,18). The van der Waals surface area contributed by atoms with E-state index < -0.39 is 17.7 Å². The number of carbonyl (C=O) groups excluding carboxylic acids is 4. The number of nitrogens with one attached hydrogen (secondary N) is 1. The van der Waals surface area contributed by atoms with Crippen LogP contribution < -0.4 is 5.32 Å². The monoisotopic (exact) mass is 279 g/mol. The van der Waals surface area contributed by atoms with Crippen molar-refractivity contribution in [3.8, 4) is 0 Å². The molecule has 0 aromatic rings. The molecule has 7 nitrogen and oxygen atoms in total. The molecule has 3 rings (SSSR count). The van der Waals surface area contributed by atoms with Crippen molar-refractivity contribution in [2.45, 2.75) is 19.3 Å². The molecule has 3 fully saturated rings. The first-order valence-electron chi connectivity index (χ1n) is 6.92. The summed E-state index contributed by atoms with van der Waals surface area (Å²) in [4.78, 5) is 49.7. The number of piperazine rings is 1. The average Bonchev–Trinajstić information content (AvgIpc) is 3.11. The molecule has 20 heavy (non-hydrogen) atoms. The highest BCUT2D eigenvalue weighted by Gasteiger charge is 2.40. The van der Waals surface area contributed by atoms with Gasteiger partial charge in [0, 0.05) is 19.5 Å². The van der Waals surface area contributed by atoms with E-state index in [0.717, 1.165) is 19.4 Å². The van der Waals surface area contributed by atoms with Crippen molar-refractivity contribution in [3.63, 3.8) is 0 Å². The van der Waals surface area contributed by atoms with E-state index >= 15 is 0 Å². The Labute approximate surface area is 116 Å². The first-order valence-corrected chi connectivity index (χ1v) is 6.92. The van der Waals surface area contributed by atoms with Crippen molar-refractivity contribution in [1.82, 2.24) is 15.1 Å². The zero-order chi connectivity index (χ0) is 14.3. The quantitative estimate of drug-likeness (QED) is 0.653. The molecule has 2 saturated heterocycles. The van der Waals surface area contributed by atoms with Gasteiger partial charge in [-0.1, -0.05) is 0 Å². The zero-order valence-electron chi connectivity index (χ0n) is 11.1. The third-order valence-electron chi connectivity index (χ3n) is 4.00. The predicted octanol–water partition coefficient (Wildman–Crippen LogP) is -1.27. The lowest BCUT2D eigenvalue weighted by molar-refractivity contribution is -0.147. The Morgan fingerprint density at radius 2 is 1.80 bits per heavy atom. The lowest BCUT2D eigenvalue weighted by Crippen LogP contribution is -2.54. The summed E-state index contributed by atoms with van der Waals surface area (Å²) in [7, 11) is 0. The van der Waals surface area contributed by atoms with E-state index in [2.05, 4.69) is 5.32 Å². The fourth-order valence-electron chi connectivity index (χ4n) is 2.78. The molecule has 3 aliphatic rings. The number of hydrogen-bond donors (Lipinski definition) is 1. The summed E-state index contributed by atoms with van der Waals surface area (Å²) in [5.74, 6) is -1.01. The maximum atomic E-state index is 12.3. The van der Waals surface area contributed by atoms with Crippen molar-refractivity contribution in [3.05, 3.63) is 0 Å². The summed E-state index contributed by atoms with van der Waals surface area (Å²) >= 11 is 0. The van der Waals surface area contributed by atoms with Gasteiger partial charge in [-0.05, 0) is 18.8 Å². The minimum atomic E-state index is -0.464. The maximum absolute atomic E-state index is 12.3. The fourth-order valence-corrected chi connectivity index (χ4v) is 2.78. The minimum Gasteiger partial charge on any atom is -0.342 e. The number of nitrogens with zero attached hydrogens (tertiary/aromatic N) is 2. The van der Waals surface area contributed by atoms with Gasteiger partial charge in [-0.15, -0.1) is 0 Å². The second-order valence-corrected chi connectivity index (χ2v) is 5.81. The molecule has 0 radical (unpaired) electrons. The molecule has 0 aromatic carbocycles. The van der Waals surface area contributed by atoms with Gasteiger partial charge in [0.1, 0.15) is 13.1 Å². The smallest absolute Gasteiger partial charge is 0.246 e. The van der Waals surface area contributed by atoms with Gasteiger partial charge in [-0.2, -0.15) is 0 Å². The molecule has 1 unspecified atom stereocenters. The largest absolute Gasteiger partial charge is 0.342 e. The van der Waals surface area contributed by atoms with E-state index in [1.807, 2.05) is 0 Å². The fraction of sp³-hybridized carbons (Fsp3) is 0.692. The van der Waals surface area contributed by atoms with Gasteiger partial charge in [0.15, 0.2) is 0 Å². The maximum Gasteiger partial charge on any atom is 0.246 e. The van der Waals surface area contributed by atoms with Crippen molar-refractivity contribution in [2.24, 2.45) is 11.8 Å². The number of likely N-dealkylation sites (tertiary alicyclic amines) is 1. The molecular weight excluding hydrogens is 262 g/mol. The van der Waals surface area contributed by atoms with Gasteiger partial charge in [0.25, 0.3) is 0 Å². The Morgan fingerprint density at radius 3 is 2.40 bits per heavy atom. The highest BCUT2D eigenvalue weighted by Crippen LogP contribution is 2.32. The molecular formula is C13H17N3O4. The molecule has 0 aromatic heterocycles. The van der Waals surface area contributed by atoms with Crippen molar-refractivity contribution >= 4 is 23.6 Å². The number of rotatable bonds is 3. The Kier molecular flexibility index (Phi) is 3.19. The number of amides is 4. The highest BCUT2D eigenvalue weighted by molar-refractivity contribution is 6.03. The van der Waals surface area contributed by atoms with E-state index in [1.54, 1.807) is 4.90 Å². The van der Waals surface area contributed by atoms with Gasteiger partial charge < -0.3 is 9.80 Å². The van der Waals surface area contributed by atoms with Crippen LogP contribution in [-0.2, 0) is 19.2 Å². The Bertz CT molecular complexity index is 470. The lowest BCUT2D eigenvalue weighted by Gasteiger charge is -2.27. The molecule has 2 heterocycles. The molecule has 1 saturated carbocycles. The molecule has 4 amide bonds. The normalized spacial score (nSPS) is 27.0. The van der Waals surface area contributed by atoms with Crippen LogP contribution in [-0.4, -0.2) is 59.6 Å². The van der Waals surface area contributed by atoms with Crippen LogP contribution in [0.5, 0.6) is 0 Å². The first-order chi connectivity index (χ1) is 9.52. The number of imide groups is 1. The summed E-state index contributed by atoms with van der Waals surface area (Å²) in [5.41, 5.74) is 0. The van der Waals surface area contributed by atoms with Crippen LogP contribution in [0.3, 0.4) is 0 Å². The summed E-state index contributed by atoms with van der Waals surface area (Å²) in [6, 6.07) is 0. The molecule has 1 atom stereocenters. The minimum absolute atomic E-state index is 0.00281. The van der Waals surface area contributed by atoms with E-state index in [-0.39, 0.29) is 31.3 Å². The van der Waals surface area contributed by atoms with Crippen LogP contribution >= 0.6 is 0 Å². The topological polar surface area (TPSA) is 86.8 Å². The molecule has 0 bridgehead atoms. The van der Waals surface area contributed by atoms with Crippen LogP contribution in [0.15, 0.2) is 0 Å². The summed E-state index contributed by atoms with van der Waals surface area (Å²) in [6.45, 7) is 0.957. The molecule has 0 spiro atoms. The zero-order valence-corrected chi connectivity index (χ0v) is 11.1. The van der Waals surface area contributed by atoms with Gasteiger partial charge in [0.2, 0.25) is 23.6 Å². The van der Waals surface area contributed by atoms with E-state index in [1.165, 1.54) is 4.90 Å². The third kappa shape index (κ3) is 2.66. The third-order valence-corrected chi connectivity index (χ3v) is 4.00. The molecule has 7 heteroatoms. The van der Waals surface area contributed by atoms with Crippen LogP contribution in [0.4, 0.5) is 0 Å².